The molecule has 1 N–H and O–H groups in total. The summed E-state index contributed by atoms with van der Waals surface area (Å²) in [6.07, 6.45) is 0.421. The van der Waals surface area contributed by atoms with E-state index in [1.807, 2.05) is 38.1 Å². The molecule has 0 bridgehead atoms. The highest BCUT2D eigenvalue weighted by molar-refractivity contribution is 9.11. The number of thiazole rings is 1. The molecule has 0 spiro atoms. The summed E-state index contributed by atoms with van der Waals surface area (Å²) < 4.78 is 9.44. The smallest absolute Gasteiger partial charge is 0.226 e. The molecule has 0 saturated heterocycles. The van der Waals surface area contributed by atoms with Crippen LogP contribution < -0.4 is 10.1 Å². The molecule has 0 aliphatic carbocycles. The molecule has 0 radical (unpaired) electrons. The number of aryl methyl sites for hydroxylation is 1. The summed E-state index contributed by atoms with van der Waals surface area (Å²) >= 11 is 6.72. The molecule has 5 rings (SSSR count). The predicted molar refractivity (Wildman–Crippen MR) is 120 cm³/mol. The van der Waals surface area contributed by atoms with Gasteiger partial charge in [0.05, 0.1) is 26.3 Å². The number of ether oxygens (including phenoxy) is 1. The van der Waals surface area contributed by atoms with Crippen LogP contribution in [0.15, 0.2) is 34.1 Å². The van der Waals surface area contributed by atoms with Gasteiger partial charge < -0.3 is 10.1 Å². The number of hydrogen-bond donors (Lipinski definition) is 1. The Bertz CT molecular complexity index is 1240. The first-order chi connectivity index (χ1) is 14.0. The second-order valence-electron chi connectivity index (χ2n) is 6.77. The van der Waals surface area contributed by atoms with Gasteiger partial charge in [-0.05, 0) is 60.1 Å². The second-order valence-corrected chi connectivity index (χ2v) is 10.3. The minimum Gasteiger partial charge on any atom is -0.494 e. The number of aromatic nitrogens is 3. The van der Waals surface area contributed by atoms with E-state index in [0.717, 1.165) is 46.8 Å². The Labute approximate surface area is 183 Å². The van der Waals surface area contributed by atoms with Crippen molar-refractivity contribution < 1.29 is 9.53 Å². The van der Waals surface area contributed by atoms with Gasteiger partial charge in [0.15, 0.2) is 0 Å². The summed E-state index contributed by atoms with van der Waals surface area (Å²) in [5, 5.41) is 8.50. The summed E-state index contributed by atoms with van der Waals surface area (Å²) in [5.74, 6) is 1.54. The lowest BCUT2D eigenvalue weighted by molar-refractivity contribution is -0.116. The molecule has 0 unspecified atom stereocenters. The van der Waals surface area contributed by atoms with E-state index in [9.17, 15) is 4.79 Å². The van der Waals surface area contributed by atoms with E-state index in [-0.39, 0.29) is 11.8 Å². The van der Waals surface area contributed by atoms with Crippen molar-refractivity contribution in [1.82, 2.24) is 14.8 Å². The van der Waals surface area contributed by atoms with Gasteiger partial charge in [0.2, 0.25) is 11.0 Å². The molecule has 1 aliphatic rings. The lowest BCUT2D eigenvalue weighted by atomic mass is 9.91. The van der Waals surface area contributed by atoms with Crippen LogP contribution in [0.1, 0.15) is 35.4 Å². The van der Waals surface area contributed by atoms with Gasteiger partial charge in [-0.2, -0.15) is 9.78 Å². The van der Waals surface area contributed by atoms with E-state index < -0.39 is 0 Å². The molecular formula is C20H17BrN4O2S2. The average Bonchev–Trinajstić information content (AvgIpc) is 3.38. The van der Waals surface area contributed by atoms with Gasteiger partial charge in [-0.1, -0.05) is 11.3 Å². The van der Waals surface area contributed by atoms with Crippen LogP contribution in [0, 0.1) is 6.92 Å². The van der Waals surface area contributed by atoms with Crippen LogP contribution in [0.3, 0.4) is 0 Å². The highest BCUT2D eigenvalue weighted by atomic mass is 79.9. The third-order valence-electron chi connectivity index (χ3n) is 4.88. The van der Waals surface area contributed by atoms with Crippen LogP contribution in [0.5, 0.6) is 5.75 Å². The topological polar surface area (TPSA) is 69.0 Å². The predicted octanol–water partition coefficient (Wildman–Crippen LogP) is 5.49. The van der Waals surface area contributed by atoms with E-state index >= 15 is 0 Å². The van der Waals surface area contributed by atoms with E-state index in [1.165, 1.54) is 11.3 Å². The summed E-state index contributed by atoms with van der Waals surface area (Å²) in [7, 11) is 0. The zero-order valence-electron chi connectivity index (χ0n) is 15.7. The maximum absolute atomic E-state index is 12.5. The third kappa shape index (κ3) is 3.27. The van der Waals surface area contributed by atoms with Crippen LogP contribution >= 0.6 is 38.6 Å². The van der Waals surface area contributed by atoms with Crippen LogP contribution in [0.2, 0.25) is 0 Å². The molecule has 0 fully saturated rings. The lowest BCUT2D eigenvalue weighted by Gasteiger charge is -2.22. The molecule has 6 nitrogen and oxygen atoms in total. The number of benzene rings is 1. The van der Waals surface area contributed by atoms with Gasteiger partial charge in [-0.15, -0.1) is 11.3 Å². The zero-order chi connectivity index (χ0) is 20.1. The van der Waals surface area contributed by atoms with Gasteiger partial charge >= 0.3 is 0 Å². The molecule has 1 amide bonds. The second kappa shape index (κ2) is 7.23. The Hall–Kier alpha value is -2.23. The van der Waals surface area contributed by atoms with Crippen molar-refractivity contribution >= 4 is 60.5 Å². The van der Waals surface area contributed by atoms with Crippen molar-refractivity contribution in [3.05, 3.63) is 50.3 Å². The average molecular weight is 489 g/mol. The van der Waals surface area contributed by atoms with Gasteiger partial charge in [0, 0.05) is 22.8 Å². The Morgan fingerprint density at radius 2 is 2.17 bits per heavy atom. The molecule has 1 aliphatic heterocycles. The summed E-state index contributed by atoms with van der Waals surface area (Å²) in [6.45, 7) is 4.57. The quantitative estimate of drug-likeness (QED) is 0.412. The Kier molecular flexibility index (Phi) is 4.68. The molecule has 1 aromatic carbocycles. The highest BCUT2D eigenvalue weighted by Crippen LogP contribution is 2.43. The summed E-state index contributed by atoms with van der Waals surface area (Å²) in [5.41, 5.74) is 2.85. The number of nitrogens with zero attached hydrogens (tertiary/aromatic N) is 3. The van der Waals surface area contributed by atoms with E-state index in [1.54, 1.807) is 16.0 Å². The van der Waals surface area contributed by atoms with Gasteiger partial charge in [-0.25, -0.2) is 4.98 Å². The first-order valence-electron chi connectivity index (χ1n) is 9.22. The van der Waals surface area contributed by atoms with Gasteiger partial charge in [-0.3, -0.25) is 4.79 Å². The molecule has 1 atom stereocenters. The third-order valence-corrected chi connectivity index (χ3v) is 7.61. The minimum absolute atomic E-state index is 0.00253. The number of anilines is 1. The van der Waals surface area contributed by atoms with Crippen LogP contribution in [0.25, 0.3) is 15.3 Å². The van der Waals surface area contributed by atoms with Crippen LogP contribution in [-0.4, -0.2) is 27.3 Å². The summed E-state index contributed by atoms with van der Waals surface area (Å²) in [4.78, 5) is 18.4. The fourth-order valence-electron chi connectivity index (χ4n) is 3.68. The van der Waals surface area contributed by atoms with Crippen molar-refractivity contribution in [2.45, 2.75) is 26.2 Å². The highest BCUT2D eigenvalue weighted by Gasteiger charge is 2.34. The van der Waals surface area contributed by atoms with Crippen molar-refractivity contribution in [1.29, 1.82) is 0 Å². The number of hydrogen-bond acceptors (Lipinski definition) is 6. The van der Waals surface area contributed by atoms with Crippen LogP contribution in [0.4, 0.5) is 5.82 Å². The molecule has 4 heterocycles. The maximum atomic E-state index is 12.5. The number of nitrogens with one attached hydrogen (secondary N) is 1. The molecule has 148 valence electrons. The van der Waals surface area contributed by atoms with Crippen molar-refractivity contribution in [2.75, 3.05) is 11.9 Å². The SMILES string of the molecule is CCOc1ccc2nc(-n3nc(C)c4c3NC(=O)C[C@H]4c3ccc(Br)s3)sc2c1. The minimum atomic E-state index is -0.00656. The van der Waals surface area contributed by atoms with Crippen molar-refractivity contribution in [3.8, 4) is 10.9 Å². The number of carbonyl (C=O) groups is 1. The number of thiophene rings is 1. The molecule has 9 heteroatoms. The van der Waals surface area contributed by atoms with E-state index in [2.05, 4.69) is 27.3 Å². The standard InChI is InChI=1S/C20H17BrN4O2S2/c1-3-27-11-4-5-13-15(8-11)29-20(22-13)25-19-18(10(2)24-25)12(9-17(26)23-19)14-6-7-16(21)28-14/h4-8,12H,3,9H2,1-2H3,(H,23,26)/t12-/m0/s1. The van der Waals surface area contributed by atoms with Crippen molar-refractivity contribution in [3.63, 3.8) is 0 Å². The maximum Gasteiger partial charge on any atom is 0.226 e. The number of rotatable bonds is 4. The Morgan fingerprint density at radius 3 is 2.93 bits per heavy atom. The first-order valence-corrected chi connectivity index (χ1v) is 11.6. The molecule has 0 saturated carbocycles. The Morgan fingerprint density at radius 1 is 1.31 bits per heavy atom. The number of fused-ring (bicyclic) bond motifs is 2. The monoisotopic (exact) mass is 488 g/mol. The number of halogens is 1. The number of carbonyl (C=O) groups excluding carboxylic acids is 1. The van der Waals surface area contributed by atoms with Crippen molar-refractivity contribution in [2.24, 2.45) is 0 Å². The summed E-state index contributed by atoms with van der Waals surface area (Å²) in [6, 6.07) is 9.97. The van der Waals surface area contributed by atoms with E-state index in [4.69, 9.17) is 14.8 Å². The molecule has 4 aromatic rings. The van der Waals surface area contributed by atoms with Crippen LogP contribution in [-0.2, 0) is 4.79 Å². The molecule has 29 heavy (non-hydrogen) atoms. The fraction of sp³-hybridized carbons (Fsp3) is 0.250. The van der Waals surface area contributed by atoms with Gasteiger partial charge in [0.1, 0.15) is 11.6 Å². The fourth-order valence-corrected chi connectivity index (χ4v) is 6.17. The Balaban J connectivity index is 1.62. The largest absolute Gasteiger partial charge is 0.494 e. The van der Waals surface area contributed by atoms with Gasteiger partial charge in [0.25, 0.3) is 0 Å². The molecular weight excluding hydrogens is 472 g/mol. The number of amides is 1. The zero-order valence-corrected chi connectivity index (χ0v) is 18.9. The first kappa shape index (κ1) is 18.8. The van der Waals surface area contributed by atoms with E-state index in [0.29, 0.717) is 13.0 Å². The molecule has 3 aromatic heterocycles. The lowest BCUT2D eigenvalue weighted by Crippen LogP contribution is -2.24. The normalized spacial score (nSPS) is 16.1.